The maximum atomic E-state index is 14.4. The highest BCUT2D eigenvalue weighted by Crippen LogP contribution is 2.56. The Morgan fingerprint density at radius 1 is 0.600 bits per heavy atom. The molecule has 2 aromatic carbocycles. The normalized spacial score (nSPS) is 13.4. The summed E-state index contributed by atoms with van der Waals surface area (Å²) >= 11 is 0. The summed E-state index contributed by atoms with van der Waals surface area (Å²) in [5.74, 6) is -1.97. The molecule has 2 aromatic rings. The van der Waals surface area contributed by atoms with Gasteiger partial charge in [0.2, 0.25) is 5.41 Å². The number of carbonyl (C=O) groups is 2. The fraction of sp³-hybridized carbons (Fsp3) is 0.440. The Bertz CT molecular complexity index is 1060. The minimum Gasteiger partial charge on any atom is -0.456 e. The molecule has 0 spiro atoms. The highest BCUT2D eigenvalue weighted by atomic mass is 19.4. The van der Waals surface area contributed by atoms with Gasteiger partial charge in [-0.2, -0.15) is 26.3 Å². The largest absolute Gasteiger partial charge is 0.456 e. The molecule has 0 heterocycles. The fourth-order valence-electron chi connectivity index (χ4n) is 3.39. The van der Waals surface area contributed by atoms with Gasteiger partial charge in [-0.15, -0.1) is 0 Å². The van der Waals surface area contributed by atoms with Crippen molar-refractivity contribution >= 4 is 11.9 Å². The summed E-state index contributed by atoms with van der Waals surface area (Å²) in [6.45, 7) is 9.23. The number of rotatable bonds is 4. The number of benzene rings is 2. The lowest BCUT2D eigenvalue weighted by Gasteiger charge is -2.38. The summed E-state index contributed by atoms with van der Waals surface area (Å²) in [5.41, 5.74) is -9.50. The van der Waals surface area contributed by atoms with Crippen molar-refractivity contribution in [2.45, 2.75) is 70.5 Å². The van der Waals surface area contributed by atoms with Gasteiger partial charge < -0.3 is 9.47 Å². The first kappa shape index (κ1) is 28.2. The number of hydrogen-bond acceptors (Lipinski definition) is 4. The van der Waals surface area contributed by atoms with Crippen LogP contribution in [0.25, 0.3) is 0 Å². The van der Waals surface area contributed by atoms with E-state index in [2.05, 4.69) is 0 Å². The monoisotopic (exact) mass is 504 g/mol. The molecule has 0 aliphatic heterocycles. The van der Waals surface area contributed by atoms with Crippen molar-refractivity contribution in [2.75, 3.05) is 0 Å². The Hall–Kier alpha value is -3.04. The average molecular weight is 504 g/mol. The lowest BCUT2D eigenvalue weighted by atomic mass is 9.72. The third-order valence-electron chi connectivity index (χ3n) is 4.73. The molecule has 0 N–H and O–H groups in total. The maximum absolute atomic E-state index is 14.4. The van der Waals surface area contributed by atoms with E-state index in [0.717, 1.165) is 24.3 Å². The van der Waals surface area contributed by atoms with Crippen LogP contribution in [0.1, 0.15) is 73.4 Å². The standard InChI is InChI=1S/C25H26F6O4/c1-21(2,3)34-19(32)15-10-12-17(13-11-15)23(24(26,27)28,25(29,30)31)18-9-7-8-16(14-18)20(33)35-22(4,5)6/h7-14H,1-6H3. The van der Waals surface area contributed by atoms with Crippen LogP contribution in [0.2, 0.25) is 0 Å². The van der Waals surface area contributed by atoms with E-state index in [4.69, 9.17) is 9.47 Å². The smallest absolute Gasteiger partial charge is 0.411 e. The SMILES string of the molecule is CC(C)(C)OC(=O)c1ccc(C(c2cccc(C(=O)OC(C)(C)C)c2)(C(F)(F)F)C(F)(F)F)cc1. The topological polar surface area (TPSA) is 52.6 Å². The molecule has 0 saturated heterocycles. The Balaban J connectivity index is 2.72. The highest BCUT2D eigenvalue weighted by Gasteiger charge is 2.72. The molecular formula is C25H26F6O4. The fourth-order valence-corrected chi connectivity index (χ4v) is 3.39. The van der Waals surface area contributed by atoms with Crippen molar-refractivity contribution < 1.29 is 45.4 Å². The third-order valence-corrected chi connectivity index (χ3v) is 4.73. The molecule has 4 nitrogen and oxygen atoms in total. The van der Waals surface area contributed by atoms with Crippen LogP contribution in [0.3, 0.4) is 0 Å². The van der Waals surface area contributed by atoms with E-state index in [9.17, 15) is 35.9 Å². The van der Waals surface area contributed by atoms with Gasteiger partial charge in [-0.3, -0.25) is 0 Å². The number of hydrogen-bond donors (Lipinski definition) is 0. The summed E-state index contributed by atoms with van der Waals surface area (Å²) in [5, 5.41) is 0. The van der Waals surface area contributed by atoms with E-state index in [-0.39, 0.29) is 5.56 Å². The second-order valence-corrected chi connectivity index (χ2v) is 9.91. The number of alkyl halides is 6. The van der Waals surface area contributed by atoms with Gasteiger partial charge in [-0.25, -0.2) is 9.59 Å². The van der Waals surface area contributed by atoms with Crippen LogP contribution in [-0.4, -0.2) is 35.5 Å². The molecule has 0 bridgehead atoms. The lowest BCUT2D eigenvalue weighted by molar-refractivity contribution is -0.288. The molecule has 0 saturated carbocycles. The van der Waals surface area contributed by atoms with E-state index >= 15 is 0 Å². The summed E-state index contributed by atoms with van der Waals surface area (Å²) in [6.07, 6.45) is -11.7. The highest BCUT2D eigenvalue weighted by molar-refractivity contribution is 5.90. The zero-order chi connectivity index (χ0) is 27.0. The lowest BCUT2D eigenvalue weighted by Crippen LogP contribution is -2.54. The minimum atomic E-state index is -5.86. The zero-order valence-corrected chi connectivity index (χ0v) is 20.0. The molecular weight excluding hydrogens is 478 g/mol. The molecule has 35 heavy (non-hydrogen) atoms. The van der Waals surface area contributed by atoms with Crippen molar-refractivity contribution in [3.63, 3.8) is 0 Å². The predicted octanol–water partition coefficient (Wildman–Crippen LogP) is 7.01. The molecule has 0 aromatic heterocycles. The first-order valence-corrected chi connectivity index (χ1v) is 10.5. The molecule has 0 unspecified atom stereocenters. The predicted molar refractivity (Wildman–Crippen MR) is 116 cm³/mol. The van der Waals surface area contributed by atoms with E-state index < -0.39 is 57.6 Å². The second-order valence-electron chi connectivity index (χ2n) is 9.91. The summed E-state index contributed by atoms with van der Waals surface area (Å²) in [4.78, 5) is 24.6. The van der Waals surface area contributed by atoms with Gasteiger partial charge in [0.05, 0.1) is 11.1 Å². The van der Waals surface area contributed by atoms with Crippen LogP contribution >= 0.6 is 0 Å². The molecule has 0 fully saturated rings. The van der Waals surface area contributed by atoms with Crippen LogP contribution in [0, 0.1) is 0 Å². The van der Waals surface area contributed by atoms with Gasteiger partial charge in [0.25, 0.3) is 0 Å². The molecule has 0 amide bonds. The van der Waals surface area contributed by atoms with Crippen LogP contribution in [0.4, 0.5) is 26.3 Å². The van der Waals surface area contributed by atoms with Crippen molar-refractivity contribution in [1.82, 2.24) is 0 Å². The third kappa shape index (κ3) is 6.15. The molecule has 10 heteroatoms. The first-order valence-electron chi connectivity index (χ1n) is 10.5. The number of halogens is 6. The molecule has 192 valence electrons. The average Bonchev–Trinajstić information content (AvgIpc) is 2.64. The quantitative estimate of drug-likeness (QED) is 0.332. The molecule has 0 aliphatic carbocycles. The van der Waals surface area contributed by atoms with Crippen LogP contribution in [0.15, 0.2) is 48.5 Å². The van der Waals surface area contributed by atoms with Gasteiger partial charge in [-0.05, 0) is 76.9 Å². The van der Waals surface area contributed by atoms with Crippen molar-refractivity contribution in [3.8, 4) is 0 Å². The Labute approximate surface area is 199 Å². The maximum Gasteiger partial charge on any atom is 0.411 e. The molecule has 0 radical (unpaired) electrons. The summed E-state index contributed by atoms with van der Waals surface area (Å²) in [7, 11) is 0. The number of ether oxygens (including phenoxy) is 2. The van der Waals surface area contributed by atoms with Gasteiger partial charge >= 0.3 is 24.3 Å². The van der Waals surface area contributed by atoms with Gasteiger partial charge in [0.1, 0.15) is 11.2 Å². The van der Waals surface area contributed by atoms with Gasteiger partial charge in [-0.1, -0.05) is 24.3 Å². The van der Waals surface area contributed by atoms with Crippen molar-refractivity contribution in [2.24, 2.45) is 0 Å². The van der Waals surface area contributed by atoms with E-state index in [1.807, 2.05) is 0 Å². The molecule has 0 atom stereocenters. The Kier molecular flexibility index (Phi) is 7.41. The molecule has 2 rings (SSSR count). The second kappa shape index (κ2) is 9.20. The van der Waals surface area contributed by atoms with Crippen molar-refractivity contribution in [1.29, 1.82) is 0 Å². The minimum absolute atomic E-state index is 0.218. The Morgan fingerprint density at radius 2 is 1.03 bits per heavy atom. The summed E-state index contributed by atoms with van der Waals surface area (Å²) < 4.78 is 96.6. The summed E-state index contributed by atoms with van der Waals surface area (Å²) in [6, 6.07) is 6.02. The van der Waals surface area contributed by atoms with Crippen molar-refractivity contribution in [3.05, 3.63) is 70.8 Å². The van der Waals surface area contributed by atoms with Gasteiger partial charge in [0, 0.05) is 0 Å². The first-order chi connectivity index (χ1) is 15.7. The van der Waals surface area contributed by atoms with E-state index in [0.29, 0.717) is 24.3 Å². The number of esters is 2. The van der Waals surface area contributed by atoms with E-state index in [1.165, 1.54) is 20.8 Å². The van der Waals surface area contributed by atoms with Crippen LogP contribution < -0.4 is 0 Å². The van der Waals surface area contributed by atoms with Gasteiger partial charge in [0.15, 0.2) is 0 Å². The van der Waals surface area contributed by atoms with E-state index in [1.54, 1.807) is 20.8 Å². The Morgan fingerprint density at radius 3 is 1.43 bits per heavy atom. The zero-order valence-electron chi connectivity index (χ0n) is 20.0. The van der Waals surface area contributed by atoms with Crippen LogP contribution in [-0.2, 0) is 14.9 Å². The molecule has 0 aliphatic rings. The van der Waals surface area contributed by atoms with Crippen LogP contribution in [0.5, 0.6) is 0 Å². The number of carbonyl (C=O) groups excluding carboxylic acids is 2.